The first-order chi connectivity index (χ1) is 13.3. The van der Waals surface area contributed by atoms with E-state index in [1.165, 1.54) is 11.1 Å². The number of nitrogens with one attached hydrogen (secondary N) is 1. The lowest BCUT2D eigenvalue weighted by Gasteiger charge is -2.37. The van der Waals surface area contributed by atoms with Gasteiger partial charge in [0.15, 0.2) is 0 Å². The van der Waals surface area contributed by atoms with Crippen LogP contribution < -0.4 is 10.2 Å². The number of piperazine rings is 1. The van der Waals surface area contributed by atoms with E-state index in [-0.39, 0.29) is 18.0 Å². The molecule has 1 heterocycles. The zero-order valence-corrected chi connectivity index (χ0v) is 16.0. The molecule has 0 unspecified atom stereocenters. The molecule has 3 rings (SSSR count). The zero-order valence-electron chi connectivity index (χ0n) is 16.0. The molecule has 0 atom stereocenters. The lowest BCUT2D eigenvalue weighted by Crippen LogP contribution is -2.49. The molecule has 2 aromatic rings. The Bertz CT molecular complexity index is 893. The van der Waals surface area contributed by atoms with Gasteiger partial charge in [0.05, 0.1) is 5.69 Å². The monoisotopic (exact) mass is 387 g/mol. The minimum absolute atomic E-state index is 0.140. The maximum atomic E-state index is 13.6. The lowest BCUT2D eigenvalue weighted by molar-refractivity contribution is -0.134. The smallest absolute Gasteiger partial charge is 0.233 e. The number of anilines is 2. The Labute approximate surface area is 162 Å². The second-order valence-electron chi connectivity index (χ2n) is 6.94. The predicted molar refractivity (Wildman–Crippen MR) is 104 cm³/mol. The fourth-order valence-electron chi connectivity index (χ4n) is 3.31. The molecule has 2 amide bonds. The van der Waals surface area contributed by atoms with E-state index in [0.29, 0.717) is 32.2 Å². The number of carbonyl (C=O) groups excluding carboxylic acids is 2. The SMILES string of the molecule is Cc1cccc(N2CCN(C(=O)CC(=O)Nc3ccc(F)cc3F)CC2)c1C. The second kappa shape index (κ2) is 8.37. The van der Waals surface area contributed by atoms with Crippen LogP contribution in [0.3, 0.4) is 0 Å². The molecule has 1 fully saturated rings. The van der Waals surface area contributed by atoms with Gasteiger partial charge >= 0.3 is 0 Å². The van der Waals surface area contributed by atoms with Crippen molar-refractivity contribution in [3.63, 3.8) is 0 Å². The van der Waals surface area contributed by atoms with Crippen molar-refractivity contribution in [1.29, 1.82) is 0 Å². The van der Waals surface area contributed by atoms with Gasteiger partial charge < -0.3 is 15.1 Å². The first-order valence-corrected chi connectivity index (χ1v) is 9.19. The molecule has 0 aromatic heterocycles. The number of hydrogen-bond acceptors (Lipinski definition) is 3. The molecule has 1 saturated heterocycles. The molecule has 1 aliphatic heterocycles. The lowest BCUT2D eigenvalue weighted by atomic mass is 10.1. The fraction of sp³-hybridized carbons (Fsp3) is 0.333. The van der Waals surface area contributed by atoms with Crippen LogP contribution in [-0.4, -0.2) is 42.9 Å². The Morgan fingerprint density at radius 2 is 1.75 bits per heavy atom. The Kier molecular flexibility index (Phi) is 5.92. The first-order valence-electron chi connectivity index (χ1n) is 9.19. The molecule has 0 spiro atoms. The summed E-state index contributed by atoms with van der Waals surface area (Å²) in [6.07, 6.45) is -0.375. The van der Waals surface area contributed by atoms with E-state index in [9.17, 15) is 18.4 Å². The van der Waals surface area contributed by atoms with Crippen LogP contribution in [0.5, 0.6) is 0 Å². The van der Waals surface area contributed by atoms with Crippen LogP contribution in [0.2, 0.25) is 0 Å². The van der Waals surface area contributed by atoms with Crippen molar-refractivity contribution in [2.75, 3.05) is 36.4 Å². The summed E-state index contributed by atoms with van der Waals surface area (Å²) >= 11 is 0. The third kappa shape index (κ3) is 4.47. The quantitative estimate of drug-likeness (QED) is 0.820. The van der Waals surface area contributed by atoms with E-state index < -0.39 is 17.5 Å². The summed E-state index contributed by atoms with van der Waals surface area (Å²) in [6, 6.07) is 9.03. The van der Waals surface area contributed by atoms with E-state index >= 15 is 0 Å². The van der Waals surface area contributed by atoms with Crippen LogP contribution in [0.15, 0.2) is 36.4 Å². The van der Waals surface area contributed by atoms with Crippen molar-refractivity contribution in [2.45, 2.75) is 20.3 Å². The van der Waals surface area contributed by atoms with Crippen molar-refractivity contribution >= 4 is 23.2 Å². The van der Waals surface area contributed by atoms with E-state index in [2.05, 4.69) is 36.2 Å². The normalized spacial score (nSPS) is 14.1. The molecule has 7 heteroatoms. The van der Waals surface area contributed by atoms with Gasteiger partial charge in [-0.15, -0.1) is 0 Å². The molecule has 0 radical (unpaired) electrons. The molecule has 0 aliphatic carbocycles. The van der Waals surface area contributed by atoms with E-state index in [1.807, 2.05) is 6.07 Å². The summed E-state index contributed by atoms with van der Waals surface area (Å²) in [5, 5.41) is 2.32. The van der Waals surface area contributed by atoms with Crippen LogP contribution >= 0.6 is 0 Å². The Morgan fingerprint density at radius 3 is 2.43 bits per heavy atom. The van der Waals surface area contributed by atoms with Crippen LogP contribution in [0, 0.1) is 25.5 Å². The highest BCUT2D eigenvalue weighted by atomic mass is 19.1. The number of nitrogens with zero attached hydrogens (tertiary/aromatic N) is 2. The number of rotatable bonds is 4. The third-order valence-electron chi connectivity index (χ3n) is 5.07. The highest BCUT2D eigenvalue weighted by molar-refractivity contribution is 6.03. The number of amides is 2. The first kappa shape index (κ1) is 19.8. The molecule has 0 bridgehead atoms. The summed E-state index contributed by atoms with van der Waals surface area (Å²) in [4.78, 5) is 28.3. The average molecular weight is 387 g/mol. The Hall–Kier alpha value is -2.96. The van der Waals surface area contributed by atoms with Crippen molar-refractivity contribution in [1.82, 2.24) is 4.90 Å². The molecule has 5 nitrogen and oxygen atoms in total. The molecule has 28 heavy (non-hydrogen) atoms. The van der Waals surface area contributed by atoms with Gasteiger partial charge in [-0.2, -0.15) is 0 Å². The Balaban J connectivity index is 1.53. The summed E-state index contributed by atoms with van der Waals surface area (Å²) in [7, 11) is 0. The average Bonchev–Trinajstić information content (AvgIpc) is 2.66. The highest BCUT2D eigenvalue weighted by Crippen LogP contribution is 2.24. The molecule has 1 aliphatic rings. The van der Waals surface area contributed by atoms with Gasteiger partial charge in [0.1, 0.15) is 18.1 Å². The van der Waals surface area contributed by atoms with Gasteiger partial charge in [0.2, 0.25) is 11.8 Å². The van der Waals surface area contributed by atoms with Crippen molar-refractivity contribution in [3.05, 3.63) is 59.2 Å². The van der Waals surface area contributed by atoms with Gasteiger partial charge in [0, 0.05) is 37.9 Å². The summed E-state index contributed by atoms with van der Waals surface area (Å²) in [6.45, 7) is 6.56. The van der Waals surface area contributed by atoms with E-state index in [1.54, 1.807) is 4.90 Å². The molecule has 1 N–H and O–H groups in total. The largest absolute Gasteiger partial charge is 0.368 e. The maximum absolute atomic E-state index is 13.6. The number of hydrogen-bond donors (Lipinski definition) is 1. The number of aryl methyl sites for hydroxylation is 1. The molecule has 2 aromatic carbocycles. The Morgan fingerprint density at radius 1 is 1.04 bits per heavy atom. The van der Waals surface area contributed by atoms with Crippen LogP contribution in [0.25, 0.3) is 0 Å². The summed E-state index contributed by atoms with van der Waals surface area (Å²) in [5.41, 5.74) is 3.47. The number of halogens is 2. The van der Waals surface area contributed by atoms with E-state index in [4.69, 9.17) is 0 Å². The predicted octanol–water partition coefficient (Wildman–Crippen LogP) is 3.26. The van der Waals surface area contributed by atoms with Gasteiger partial charge in [0.25, 0.3) is 0 Å². The van der Waals surface area contributed by atoms with Gasteiger partial charge in [-0.3, -0.25) is 9.59 Å². The number of benzene rings is 2. The standard InChI is InChI=1S/C21H23F2N3O2/c1-14-4-3-5-19(15(14)2)25-8-10-26(11-9-25)21(28)13-20(27)24-18-7-6-16(22)12-17(18)23/h3-7,12H,8-11,13H2,1-2H3,(H,24,27). The molecular weight excluding hydrogens is 364 g/mol. The van der Waals surface area contributed by atoms with Gasteiger partial charge in [-0.25, -0.2) is 8.78 Å². The van der Waals surface area contributed by atoms with Gasteiger partial charge in [-0.1, -0.05) is 12.1 Å². The second-order valence-corrected chi connectivity index (χ2v) is 6.94. The van der Waals surface area contributed by atoms with E-state index in [0.717, 1.165) is 17.8 Å². The van der Waals surface area contributed by atoms with Crippen molar-refractivity contribution in [3.8, 4) is 0 Å². The third-order valence-corrected chi connectivity index (χ3v) is 5.07. The zero-order chi connectivity index (χ0) is 20.3. The van der Waals surface area contributed by atoms with Crippen LogP contribution in [0.1, 0.15) is 17.5 Å². The number of carbonyl (C=O) groups is 2. The fourth-order valence-corrected chi connectivity index (χ4v) is 3.31. The molecule has 148 valence electrons. The summed E-state index contributed by atoms with van der Waals surface area (Å²) in [5.74, 6) is -2.52. The minimum Gasteiger partial charge on any atom is -0.368 e. The van der Waals surface area contributed by atoms with Crippen LogP contribution in [0.4, 0.5) is 20.2 Å². The summed E-state index contributed by atoms with van der Waals surface area (Å²) < 4.78 is 26.5. The minimum atomic E-state index is -0.872. The van der Waals surface area contributed by atoms with Crippen molar-refractivity contribution < 1.29 is 18.4 Å². The topological polar surface area (TPSA) is 52.7 Å². The molecule has 0 saturated carbocycles. The maximum Gasteiger partial charge on any atom is 0.233 e. The highest BCUT2D eigenvalue weighted by Gasteiger charge is 2.24. The van der Waals surface area contributed by atoms with Gasteiger partial charge in [-0.05, 0) is 43.2 Å². The molecular formula is C21H23F2N3O2. The van der Waals surface area contributed by atoms with Crippen molar-refractivity contribution in [2.24, 2.45) is 0 Å². The van der Waals surface area contributed by atoms with Crippen LogP contribution in [-0.2, 0) is 9.59 Å².